The summed E-state index contributed by atoms with van der Waals surface area (Å²) in [4.78, 5) is 0. The zero-order valence-corrected chi connectivity index (χ0v) is 7.25. The Morgan fingerprint density at radius 3 is 2.53 bits per heavy atom. The number of hydrazone groups is 1. The number of nitrogens with zero attached hydrogens (tertiary/aromatic N) is 1. The van der Waals surface area contributed by atoms with Crippen molar-refractivity contribution in [1.82, 2.24) is 0 Å². The van der Waals surface area contributed by atoms with E-state index < -0.39 is 17.9 Å². The molecule has 0 spiro atoms. The second-order valence-corrected chi connectivity index (χ2v) is 2.51. The predicted molar refractivity (Wildman–Crippen MR) is 44.9 cm³/mol. The van der Waals surface area contributed by atoms with Crippen LogP contribution in [0, 0.1) is 5.82 Å². The van der Waals surface area contributed by atoms with Gasteiger partial charge >= 0.3 is 6.36 Å². The minimum atomic E-state index is -4.88. The topological polar surface area (TPSA) is 47.6 Å². The van der Waals surface area contributed by atoms with Gasteiger partial charge in [0, 0.05) is 11.6 Å². The number of ether oxygens (including phenoxy) is 1. The van der Waals surface area contributed by atoms with Crippen LogP contribution >= 0.6 is 0 Å². The van der Waals surface area contributed by atoms with E-state index in [2.05, 4.69) is 9.84 Å². The van der Waals surface area contributed by atoms with Crippen molar-refractivity contribution in [3.05, 3.63) is 29.6 Å². The van der Waals surface area contributed by atoms with Gasteiger partial charge in [-0.25, -0.2) is 4.39 Å². The van der Waals surface area contributed by atoms with Crippen molar-refractivity contribution in [3.8, 4) is 5.75 Å². The molecule has 0 saturated heterocycles. The molecule has 3 nitrogen and oxygen atoms in total. The van der Waals surface area contributed by atoms with Gasteiger partial charge < -0.3 is 10.6 Å². The molecule has 7 heteroatoms. The third-order valence-electron chi connectivity index (χ3n) is 1.41. The number of hydrogen-bond donors (Lipinski definition) is 1. The highest BCUT2D eigenvalue weighted by molar-refractivity contribution is 5.83. The quantitative estimate of drug-likeness (QED) is 0.360. The summed E-state index contributed by atoms with van der Waals surface area (Å²) in [7, 11) is 0. The van der Waals surface area contributed by atoms with Crippen LogP contribution in [-0.2, 0) is 0 Å². The Bertz CT molecular complexity index is 375. The minimum absolute atomic E-state index is 0.0591. The Balaban J connectivity index is 3.07. The summed E-state index contributed by atoms with van der Waals surface area (Å²) in [6.07, 6.45) is -3.95. The van der Waals surface area contributed by atoms with E-state index in [0.717, 1.165) is 18.3 Å². The number of halogens is 4. The monoisotopic (exact) mass is 222 g/mol. The van der Waals surface area contributed by atoms with Crippen LogP contribution in [0.25, 0.3) is 0 Å². The maximum Gasteiger partial charge on any atom is 0.573 e. The van der Waals surface area contributed by atoms with Crippen molar-refractivity contribution in [2.45, 2.75) is 6.36 Å². The lowest BCUT2D eigenvalue weighted by atomic mass is 10.2. The highest BCUT2D eigenvalue weighted by atomic mass is 19.4. The molecule has 82 valence electrons. The van der Waals surface area contributed by atoms with Gasteiger partial charge in [0.05, 0.1) is 6.21 Å². The highest BCUT2D eigenvalue weighted by Crippen LogP contribution is 2.26. The zero-order valence-electron chi connectivity index (χ0n) is 7.25. The SMILES string of the molecule is NN=Cc1ccc(F)cc1OC(F)(F)F. The lowest BCUT2D eigenvalue weighted by molar-refractivity contribution is -0.274. The van der Waals surface area contributed by atoms with Crippen molar-refractivity contribution in [1.29, 1.82) is 0 Å². The maximum atomic E-state index is 12.6. The molecule has 0 heterocycles. The number of hydrogen-bond acceptors (Lipinski definition) is 3. The molecular formula is C8H6F4N2O. The molecule has 0 saturated carbocycles. The molecule has 1 aromatic carbocycles. The molecule has 0 bridgehead atoms. The molecule has 0 atom stereocenters. The van der Waals surface area contributed by atoms with Gasteiger partial charge in [-0.1, -0.05) is 0 Å². The molecule has 0 aliphatic rings. The molecule has 15 heavy (non-hydrogen) atoms. The standard InChI is InChI=1S/C8H6F4N2O/c9-6-2-1-5(4-14-13)7(3-6)15-8(10,11)12/h1-4H,13H2. The van der Waals surface area contributed by atoms with Gasteiger partial charge in [-0.3, -0.25) is 0 Å². The van der Waals surface area contributed by atoms with Crippen LogP contribution in [0.5, 0.6) is 5.75 Å². The maximum absolute atomic E-state index is 12.6. The molecular weight excluding hydrogens is 216 g/mol. The van der Waals surface area contributed by atoms with Crippen molar-refractivity contribution >= 4 is 6.21 Å². The number of rotatable bonds is 2. The fourth-order valence-corrected chi connectivity index (χ4v) is 0.908. The van der Waals surface area contributed by atoms with Crippen molar-refractivity contribution in [2.75, 3.05) is 0 Å². The number of alkyl halides is 3. The molecule has 0 aliphatic carbocycles. The van der Waals surface area contributed by atoms with Gasteiger partial charge in [0.25, 0.3) is 0 Å². The normalized spacial score (nSPS) is 12.0. The Morgan fingerprint density at radius 1 is 1.33 bits per heavy atom. The average molecular weight is 222 g/mol. The van der Waals surface area contributed by atoms with E-state index in [-0.39, 0.29) is 5.56 Å². The number of nitrogens with two attached hydrogens (primary N) is 1. The Labute approximate surface area is 82.1 Å². The van der Waals surface area contributed by atoms with E-state index in [1.165, 1.54) is 0 Å². The molecule has 0 aromatic heterocycles. The van der Waals surface area contributed by atoms with Gasteiger partial charge in [-0.15, -0.1) is 13.2 Å². The fraction of sp³-hybridized carbons (Fsp3) is 0.125. The van der Waals surface area contributed by atoms with Gasteiger partial charge in [-0.05, 0) is 12.1 Å². The summed E-state index contributed by atoms with van der Waals surface area (Å²) in [6, 6.07) is 2.65. The second-order valence-electron chi connectivity index (χ2n) is 2.51. The summed E-state index contributed by atoms with van der Waals surface area (Å²) in [5.41, 5.74) is -0.0591. The highest BCUT2D eigenvalue weighted by Gasteiger charge is 2.32. The average Bonchev–Trinajstić information content (AvgIpc) is 2.07. The van der Waals surface area contributed by atoms with Crippen molar-refractivity contribution in [2.24, 2.45) is 10.9 Å². The van der Waals surface area contributed by atoms with Gasteiger partial charge in [0.1, 0.15) is 11.6 Å². The van der Waals surface area contributed by atoms with E-state index in [4.69, 9.17) is 5.84 Å². The van der Waals surface area contributed by atoms with Crippen LogP contribution in [0.15, 0.2) is 23.3 Å². The number of benzene rings is 1. The van der Waals surface area contributed by atoms with Gasteiger partial charge in [0.2, 0.25) is 0 Å². The first-order chi connectivity index (χ1) is 6.92. The Morgan fingerprint density at radius 2 is 2.00 bits per heavy atom. The van der Waals surface area contributed by atoms with E-state index in [9.17, 15) is 17.6 Å². The molecule has 0 aliphatic heterocycles. The summed E-state index contributed by atoms with van der Waals surface area (Å²) in [6.45, 7) is 0. The van der Waals surface area contributed by atoms with Crippen LogP contribution in [0.4, 0.5) is 17.6 Å². The van der Waals surface area contributed by atoms with Crippen LogP contribution in [0.2, 0.25) is 0 Å². The second kappa shape index (κ2) is 4.16. The van der Waals surface area contributed by atoms with E-state index in [1.807, 2.05) is 0 Å². The van der Waals surface area contributed by atoms with E-state index in [1.54, 1.807) is 0 Å². The lowest BCUT2D eigenvalue weighted by Gasteiger charge is -2.10. The summed E-state index contributed by atoms with van der Waals surface area (Å²) in [5.74, 6) is 3.24. The first kappa shape index (κ1) is 11.3. The van der Waals surface area contributed by atoms with E-state index in [0.29, 0.717) is 6.07 Å². The van der Waals surface area contributed by atoms with Crippen molar-refractivity contribution < 1.29 is 22.3 Å². The molecule has 1 aromatic rings. The molecule has 0 amide bonds. The third kappa shape index (κ3) is 3.45. The molecule has 1 rings (SSSR count). The predicted octanol–water partition coefficient (Wildman–Crippen LogP) is 2.02. The van der Waals surface area contributed by atoms with Crippen LogP contribution < -0.4 is 10.6 Å². The van der Waals surface area contributed by atoms with E-state index >= 15 is 0 Å². The fourth-order valence-electron chi connectivity index (χ4n) is 0.908. The summed E-state index contributed by atoms with van der Waals surface area (Å²) in [5, 5.41) is 3.03. The van der Waals surface area contributed by atoms with Crippen molar-refractivity contribution in [3.63, 3.8) is 0 Å². The van der Waals surface area contributed by atoms with Crippen LogP contribution in [0.3, 0.4) is 0 Å². The minimum Gasteiger partial charge on any atom is -0.405 e. The van der Waals surface area contributed by atoms with Gasteiger partial charge in [-0.2, -0.15) is 5.10 Å². The first-order valence-corrected chi connectivity index (χ1v) is 3.71. The Hall–Kier alpha value is -1.79. The molecule has 0 unspecified atom stereocenters. The Kier molecular flexibility index (Phi) is 3.13. The zero-order chi connectivity index (χ0) is 11.5. The summed E-state index contributed by atoms with van der Waals surface area (Å²) >= 11 is 0. The molecule has 2 N–H and O–H groups in total. The smallest absolute Gasteiger partial charge is 0.405 e. The lowest BCUT2D eigenvalue weighted by Crippen LogP contribution is -2.18. The van der Waals surface area contributed by atoms with Crippen LogP contribution in [-0.4, -0.2) is 12.6 Å². The largest absolute Gasteiger partial charge is 0.573 e. The third-order valence-corrected chi connectivity index (χ3v) is 1.41. The van der Waals surface area contributed by atoms with Crippen LogP contribution in [0.1, 0.15) is 5.56 Å². The van der Waals surface area contributed by atoms with Gasteiger partial charge in [0.15, 0.2) is 0 Å². The summed E-state index contributed by atoms with van der Waals surface area (Å²) < 4.78 is 51.8. The molecule has 0 fully saturated rings. The first-order valence-electron chi connectivity index (χ1n) is 3.71. The molecule has 0 radical (unpaired) electrons.